The Morgan fingerprint density at radius 1 is 1.43 bits per heavy atom. The third kappa shape index (κ3) is 4.07. The van der Waals surface area contributed by atoms with Crippen molar-refractivity contribution >= 4 is 33.6 Å². The lowest BCUT2D eigenvalue weighted by atomic mass is 10.2. The largest absolute Gasteiger partial charge is 0.493 e. The fourth-order valence-corrected chi connectivity index (χ4v) is 3.48. The van der Waals surface area contributed by atoms with Crippen LogP contribution in [0.1, 0.15) is 13.8 Å². The van der Waals surface area contributed by atoms with Gasteiger partial charge in [-0.05, 0) is 26.0 Å². The number of ether oxygens (including phenoxy) is 2. The summed E-state index contributed by atoms with van der Waals surface area (Å²) in [5.74, 6) is 2.45. The zero-order valence-corrected chi connectivity index (χ0v) is 14.9. The smallest absolute Gasteiger partial charge is 0.239 e. The molecular weight excluding hydrogens is 354 g/mol. The minimum Gasteiger partial charge on any atom is -0.493 e. The Morgan fingerprint density at radius 2 is 2.10 bits per heavy atom. The van der Waals surface area contributed by atoms with E-state index in [1.54, 1.807) is 18.9 Å². The first-order valence-electron chi connectivity index (χ1n) is 6.81. The quantitative estimate of drug-likeness (QED) is 0.743. The van der Waals surface area contributed by atoms with Crippen LogP contribution in [0.5, 0.6) is 11.5 Å². The first kappa shape index (κ1) is 16.5. The van der Waals surface area contributed by atoms with Crippen LogP contribution >= 0.6 is 27.7 Å². The van der Waals surface area contributed by atoms with Crippen LogP contribution in [-0.2, 0) is 4.79 Å². The summed E-state index contributed by atoms with van der Waals surface area (Å²) >= 11 is 5.19. The fourth-order valence-electron chi connectivity index (χ4n) is 2.13. The molecule has 1 heterocycles. The lowest BCUT2D eigenvalue weighted by molar-refractivity contribution is -0.133. The molecule has 0 N–H and O–H groups in total. The second-order valence-electron chi connectivity index (χ2n) is 5.26. The van der Waals surface area contributed by atoms with Crippen molar-refractivity contribution in [3.05, 3.63) is 24.3 Å². The van der Waals surface area contributed by atoms with Gasteiger partial charge in [0.15, 0.2) is 11.5 Å². The molecule has 0 radical (unpaired) electrons. The molecule has 6 heteroatoms. The summed E-state index contributed by atoms with van der Waals surface area (Å²) in [6.45, 7) is 4.96. The summed E-state index contributed by atoms with van der Waals surface area (Å²) < 4.78 is 10.6. The average molecular weight is 374 g/mol. The molecule has 1 aliphatic heterocycles. The van der Waals surface area contributed by atoms with Gasteiger partial charge in [0, 0.05) is 12.3 Å². The monoisotopic (exact) mass is 373 g/mol. The maximum Gasteiger partial charge on any atom is 0.239 e. The molecule has 0 aromatic heterocycles. The van der Waals surface area contributed by atoms with Crippen LogP contribution in [0.2, 0.25) is 0 Å². The number of hydrogen-bond donors (Lipinski definition) is 0. The third-order valence-corrected chi connectivity index (χ3v) is 4.74. The van der Waals surface area contributed by atoms with E-state index in [0.717, 1.165) is 12.3 Å². The number of carbonyl (C=O) groups is 1. The SMILES string of the molecule is COc1ccccc1OCC1SCCN1C(=O)C(C)(C)Br. The van der Waals surface area contributed by atoms with Gasteiger partial charge in [-0.2, -0.15) is 0 Å². The van der Waals surface area contributed by atoms with Crippen LogP contribution in [0.25, 0.3) is 0 Å². The Hall–Kier alpha value is -0.880. The van der Waals surface area contributed by atoms with E-state index in [9.17, 15) is 4.79 Å². The number of nitrogens with zero attached hydrogens (tertiary/aromatic N) is 1. The van der Waals surface area contributed by atoms with E-state index in [2.05, 4.69) is 15.9 Å². The van der Waals surface area contributed by atoms with E-state index in [0.29, 0.717) is 18.1 Å². The van der Waals surface area contributed by atoms with Crippen molar-refractivity contribution in [1.82, 2.24) is 4.90 Å². The highest BCUT2D eigenvalue weighted by Gasteiger charge is 2.37. The van der Waals surface area contributed by atoms with Crippen molar-refractivity contribution in [3.8, 4) is 11.5 Å². The van der Waals surface area contributed by atoms with Gasteiger partial charge in [0.05, 0.1) is 11.4 Å². The molecule has 0 spiro atoms. The summed E-state index contributed by atoms with van der Waals surface area (Å²) in [5, 5.41) is 0.0410. The van der Waals surface area contributed by atoms with Gasteiger partial charge >= 0.3 is 0 Å². The normalized spacial score (nSPS) is 18.7. The molecule has 1 aromatic carbocycles. The molecule has 0 aliphatic carbocycles. The average Bonchev–Trinajstić information content (AvgIpc) is 2.91. The Morgan fingerprint density at radius 3 is 2.71 bits per heavy atom. The van der Waals surface area contributed by atoms with Gasteiger partial charge < -0.3 is 14.4 Å². The van der Waals surface area contributed by atoms with Gasteiger partial charge in [-0.1, -0.05) is 28.1 Å². The van der Waals surface area contributed by atoms with Gasteiger partial charge in [-0.25, -0.2) is 0 Å². The lowest BCUT2D eigenvalue weighted by Crippen LogP contribution is -2.45. The van der Waals surface area contributed by atoms with E-state index in [-0.39, 0.29) is 11.3 Å². The molecule has 1 aliphatic rings. The summed E-state index contributed by atoms with van der Waals surface area (Å²) in [7, 11) is 1.62. The van der Waals surface area contributed by atoms with E-state index in [4.69, 9.17) is 9.47 Å². The maximum atomic E-state index is 12.4. The van der Waals surface area contributed by atoms with Crippen LogP contribution < -0.4 is 9.47 Å². The number of benzene rings is 1. The fraction of sp³-hybridized carbons (Fsp3) is 0.533. The summed E-state index contributed by atoms with van der Waals surface area (Å²) in [5.41, 5.74) is 0. The van der Waals surface area contributed by atoms with Crippen LogP contribution in [0.15, 0.2) is 24.3 Å². The minimum absolute atomic E-state index is 0.0410. The molecule has 1 atom stereocenters. The van der Waals surface area contributed by atoms with E-state index < -0.39 is 4.32 Å². The Bertz CT molecular complexity index is 504. The molecule has 4 nitrogen and oxygen atoms in total. The summed E-state index contributed by atoms with van der Waals surface area (Å²) in [6, 6.07) is 7.55. The first-order chi connectivity index (χ1) is 9.93. The number of thioether (sulfide) groups is 1. The van der Waals surface area contributed by atoms with E-state index in [1.807, 2.05) is 43.0 Å². The lowest BCUT2D eigenvalue weighted by Gasteiger charge is -2.29. The number of carbonyl (C=O) groups excluding carboxylic acids is 1. The van der Waals surface area contributed by atoms with E-state index >= 15 is 0 Å². The molecule has 0 saturated carbocycles. The molecule has 1 unspecified atom stereocenters. The Balaban J connectivity index is 2.00. The maximum absolute atomic E-state index is 12.4. The second kappa shape index (κ2) is 6.92. The van der Waals surface area contributed by atoms with Gasteiger partial charge in [0.2, 0.25) is 5.91 Å². The van der Waals surface area contributed by atoms with Crippen LogP contribution in [0.3, 0.4) is 0 Å². The zero-order chi connectivity index (χ0) is 15.5. The molecule has 1 aromatic rings. The highest BCUT2D eigenvalue weighted by Crippen LogP contribution is 2.31. The van der Waals surface area contributed by atoms with Gasteiger partial charge in [-0.3, -0.25) is 4.79 Å². The van der Waals surface area contributed by atoms with Crippen LogP contribution in [-0.4, -0.2) is 46.5 Å². The van der Waals surface area contributed by atoms with Crippen LogP contribution in [0.4, 0.5) is 0 Å². The van der Waals surface area contributed by atoms with Crippen LogP contribution in [0, 0.1) is 0 Å². The van der Waals surface area contributed by atoms with Gasteiger partial charge in [0.1, 0.15) is 12.0 Å². The molecule has 0 bridgehead atoms. The van der Waals surface area contributed by atoms with Gasteiger partial charge in [-0.15, -0.1) is 11.8 Å². The van der Waals surface area contributed by atoms with Crippen molar-refractivity contribution in [2.24, 2.45) is 0 Å². The molecule has 116 valence electrons. The number of amides is 1. The first-order valence-corrected chi connectivity index (χ1v) is 8.65. The van der Waals surface area contributed by atoms with Crippen molar-refractivity contribution in [2.45, 2.75) is 23.5 Å². The predicted octanol–water partition coefficient (Wildman–Crippen LogP) is 3.15. The Labute approximate surface area is 138 Å². The molecule has 1 saturated heterocycles. The van der Waals surface area contributed by atoms with Crippen molar-refractivity contribution in [3.63, 3.8) is 0 Å². The van der Waals surface area contributed by atoms with E-state index in [1.165, 1.54) is 0 Å². The van der Waals surface area contributed by atoms with Crippen molar-refractivity contribution in [1.29, 1.82) is 0 Å². The third-order valence-electron chi connectivity index (χ3n) is 3.21. The van der Waals surface area contributed by atoms with Crippen molar-refractivity contribution < 1.29 is 14.3 Å². The highest BCUT2D eigenvalue weighted by molar-refractivity contribution is 9.10. The minimum atomic E-state index is -0.541. The molecule has 1 amide bonds. The van der Waals surface area contributed by atoms with Gasteiger partial charge in [0.25, 0.3) is 0 Å². The molecule has 1 fully saturated rings. The molecular formula is C15H20BrNO3S. The number of methoxy groups -OCH3 is 1. The summed E-state index contributed by atoms with van der Waals surface area (Å²) in [6.07, 6.45) is 0. The topological polar surface area (TPSA) is 38.8 Å². The molecule has 2 rings (SSSR count). The number of para-hydroxylation sites is 2. The zero-order valence-electron chi connectivity index (χ0n) is 12.5. The standard InChI is InChI=1S/C15H20BrNO3S/c1-15(2,16)14(18)17-8-9-21-13(17)10-20-12-7-5-4-6-11(12)19-3/h4-7,13H,8-10H2,1-3H3. The summed E-state index contributed by atoms with van der Waals surface area (Å²) in [4.78, 5) is 14.3. The number of hydrogen-bond acceptors (Lipinski definition) is 4. The second-order valence-corrected chi connectivity index (χ2v) is 8.53. The highest BCUT2D eigenvalue weighted by atomic mass is 79.9. The Kier molecular flexibility index (Phi) is 5.43. The number of rotatable bonds is 5. The molecule has 21 heavy (non-hydrogen) atoms. The van der Waals surface area contributed by atoms with Crippen molar-refractivity contribution in [2.75, 3.05) is 26.0 Å². The number of halogens is 1. The number of alkyl halides is 1. The predicted molar refractivity (Wildman–Crippen MR) is 89.5 cm³/mol.